The summed E-state index contributed by atoms with van der Waals surface area (Å²) >= 11 is 0. The molecule has 0 heterocycles. The van der Waals surface area contributed by atoms with Crippen LogP contribution in [-0.4, -0.2) is 11.2 Å². The van der Waals surface area contributed by atoms with E-state index in [1.165, 1.54) is 11.1 Å². The SMILES string of the molecule is C=C1[C@@H](O)CC[C@@]1(C)c1ccc(C)cc1. The molecular formula is C14H18O. The van der Waals surface area contributed by atoms with Crippen LogP contribution in [0.2, 0.25) is 0 Å². The number of hydrogen-bond acceptors (Lipinski definition) is 1. The van der Waals surface area contributed by atoms with Crippen LogP contribution in [0.15, 0.2) is 36.4 Å². The smallest absolute Gasteiger partial charge is 0.0756 e. The number of benzene rings is 1. The maximum Gasteiger partial charge on any atom is 0.0756 e. The fourth-order valence-corrected chi connectivity index (χ4v) is 2.38. The lowest BCUT2D eigenvalue weighted by Crippen LogP contribution is -2.21. The minimum absolute atomic E-state index is 0.0346. The van der Waals surface area contributed by atoms with Gasteiger partial charge in [0.1, 0.15) is 0 Å². The summed E-state index contributed by atoms with van der Waals surface area (Å²) in [4.78, 5) is 0. The van der Waals surface area contributed by atoms with Gasteiger partial charge in [0, 0.05) is 5.41 Å². The Morgan fingerprint density at radius 3 is 2.40 bits per heavy atom. The molecule has 0 amide bonds. The lowest BCUT2D eigenvalue weighted by Gasteiger charge is -2.26. The van der Waals surface area contributed by atoms with Gasteiger partial charge in [0.2, 0.25) is 0 Å². The highest BCUT2D eigenvalue weighted by Crippen LogP contribution is 2.44. The van der Waals surface area contributed by atoms with Gasteiger partial charge < -0.3 is 5.11 Å². The average molecular weight is 202 g/mol. The molecule has 0 spiro atoms. The summed E-state index contributed by atoms with van der Waals surface area (Å²) in [7, 11) is 0. The summed E-state index contributed by atoms with van der Waals surface area (Å²) in [6.45, 7) is 8.30. The van der Waals surface area contributed by atoms with Gasteiger partial charge in [-0.3, -0.25) is 0 Å². The average Bonchev–Trinajstić information content (AvgIpc) is 2.48. The van der Waals surface area contributed by atoms with Crippen LogP contribution in [0, 0.1) is 6.92 Å². The molecule has 15 heavy (non-hydrogen) atoms. The molecule has 1 fully saturated rings. The van der Waals surface area contributed by atoms with Gasteiger partial charge in [-0.15, -0.1) is 0 Å². The Labute approximate surface area is 91.4 Å². The van der Waals surface area contributed by atoms with E-state index >= 15 is 0 Å². The summed E-state index contributed by atoms with van der Waals surface area (Å²) in [5.41, 5.74) is 3.47. The van der Waals surface area contributed by atoms with Crippen molar-refractivity contribution in [2.24, 2.45) is 0 Å². The molecule has 0 bridgehead atoms. The summed E-state index contributed by atoms with van der Waals surface area (Å²) < 4.78 is 0. The number of aliphatic hydroxyl groups is 1. The highest BCUT2D eigenvalue weighted by Gasteiger charge is 2.39. The van der Waals surface area contributed by atoms with Crippen molar-refractivity contribution in [3.05, 3.63) is 47.5 Å². The molecule has 0 aromatic heterocycles. The van der Waals surface area contributed by atoms with E-state index in [2.05, 4.69) is 44.7 Å². The molecule has 1 aromatic rings. The topological polar surface area (TPSA) is 20.2 Å². The third-order valence-electron chi connectivity index (χ3n) is 3.72. The maximum absolute atomic E-state index is 9.75. The Morgan fingerprint density at radius 1 is 1.33 bits per heavy atom. The monoisotopic (exact) mass is 202 g/mol. The second-order valence-corrected chi connectivity index (χ2v) is 4.78. The summed E-state index contributed by atoms with van der Waals surface area (Å²) in [5, 5.41) is 9.75. The zero-order chi connectivity index (χ0) is 11.1. The van der Waals surface area contributed by atoms with Crippen LogP contribution in [0.5, 0.6) is 0 Å². The Hall–Kier alpha value is -1.08. The predicted octanol–water partition coefficient (Wildman–Crippen LogP) is 2.96. The first-order valence-corrected chi connectivity index (χ1v) is 5.48. The van der Waals surface area contributed by atoms with E-state index in [4.69, 9.17) is 0 Å². The Morgan fingerprint density at radius 2 is 1.93 bits per heavy atom. The van der Waals surface area contributed by atoms with Crippen LogP contribution in [-0.2, 0) is 5.41 Å². The fourth-order valence-electron chi connectivity index (χ4n) is 2.38. The van der Waals surface area contributed by atoms with Crippen LogP contribution in [0.1, 0.15) is 30.9 Å². The highest BCUT2D eigenvalue weighted by atomic mass is 16.3. The van der Waals surface area contributed by atoms with Gasteiger partial charge in [0.15, 0.2) is 0 Å². The molecule has 1 heteroatoms. The Bertz CT molecular complexity index is 377. The quantitative estimate of drug-likeness (QED) is 0.694. The largest absolute Gasteiger partial charge is 0.389 e. The second-order valence-electron chi connectivity index (χ2n) is 4.78. The van der Waals surface area contributed by atoms with E-state index in [1.807, 2.05) is 0 Å². The molecule has 1 N–H and O–H groups in total. The molecule has 80 valence electrons. The zero-order valence-electron chi connectivity index (χ0n) is 9.46. The van der Waals surface area contributed by atoms with E-state index in [-0.39, 0.29) is 11.5 Å². The first-order chi connectivity index (χ1) is 7.04. The van der Waals surface area contributed by atoms with Crippen molar-refractivity contribution < 1.29 is 5.11 Å². The lowest BCUT2D eigenvalue weighted by molar-refractivity contribution is 0.217. The minimum Gasteiger partial charge on any atom is -0.389 e. The van der Waals surface area contributed by atoms with Crippen LogP contribution in [0.3, 0.4) is 0 Å². The van der Waals surface area contributed by atoms with Crippen molar-refractivity contribution in [1.82, 2.24) is 0 Å². The van der Waals surface area contributed by atoms with E-state index in [0.717, 1.165) is 18.4 Å². The summed E-state index contributed by atoms with van der Waals surface area (Å²) in [6.07, 6.45) is 1.51. The first kappa shape index (κ1) is 10.4. The fraction of sp³-hybridized carbons (Fsp3) is 0.429. The molecule has 0 radical (unpaired) electrons. The molecule has 1 aliphatic rings. The zero-order valence-corrected chi connectivity index (χ0v) is 9.46. The van der Waals surface area contributed by atoms with Gasteiger partial charge >= 0.3 is 0 Å². The van der Waals surface area contributed by atoms with E-state index in [1.54, 1.807) is 0 Å². The second kappa shape index (κ2) is 3.49. The molecule has 0 saturated heterocycles. The lowest BCUT2D eigenvalue weighted by atomic mass is 9.78. The Balaban J connectivity index is 2.38. The molecule has 1 nitrogen and oxygen atoms in total. The van der Waals surface area contributed by atoms with Gasteiger partial charge in [-0.25, -0.2) is 0 Å². The van der Waals surface area contributed by atoms with Crippen LogP contribution in [0.25, 0.3) is 0 Å². The number of aryl methyl sites for hydroxylation is 1. The minimum atomic E-state index is -0.323. The Kier molecular flexibility index (Phi) is 2.43. The molecular weight excluding hydrogens is 184 g/mol. The third-order valence-corrected chi connectivity index (χ3v) is 3.72. The normalized spacial score (nSPS) is 30.9. The van der Waals surface area contributed by atoms with E-state index in [9.17, 15) is 5.11 Å². The van der Waals surface area contributed by atoms with Gasteiger partial charge in [-0.05, 0) is 30.9 Å². The van der Waals surface area contributed by atoms with E-state index in [0.29, 0.717) is 0 Å². The molecule has 2 rings (SSSR count). The van der Waals surface area contributed by atoms with Crippen molar-refractivity contribution in [2.75, 3.05) is 0 Å². The van der Waals surface area contributed by atoms with Gasteiger partial charge in [-0.1, -0.05) is 43.3 Å². The van der Waals surface area contributed by atoms with Crippen LogP contribution >= 0.6 is 0 Å². The summed E-state index contributed by atoms with van der Waals surface area (Å²) in [5.74, 6) is 0. The first-order valence-electron chi connectivity index (χ1n) is 5.48. The van der Waals surface area contributed by atoms with Gasteiger partial charge in [-0.2, -0.15) is 0 Å². The van der Waals surface area contributed by atoms with Gasteiger partial charge in [0.05, 0.1) is 6.10 Å². The molecule has 1 saturated carbocycles. The third kappa shape index (κ3) is 1.61. The van der Waals surface area contributed by atoms with Crippen LogP contribution in [0.4, 0.5) is 0 Å². The van der Waals surface area contributed by atoms with Crippen molar-refractivity contribution in [1.29, 1.82) is 0 Å². The van der Waals surface area contributed by atoms with Crippen molar-refractivity contribution >= 4 is 0 Å². The standard InChI is InChI=1S/C14H18O/c1-10-4-6-12(7-5-10)14(3)9-8-13(15)11(14)2/h4-7,13,15H,2,8-9H2,1,3H3/t13-,14+/m0/s1. The molecule has 0 aliphatic heterocycles. The maximum atomic E-state index is 9.75. The van der Waals surface area contributed by atoms with E-state index < -0.39 is 0 Å². The molecule has 1 aromatic carbocycles. The number of aliphatic hydroxyl groups excluding tert-OH is 1. The van der Waals surface area contributed by atoms with Crippen molar-refractivity contribution in [2.45, 2.75) is 38.2 Å². The molecule has 1 aliphatic carbocycles. The predicted molar refractivity (Wildman–Crippen MR) is 62.9 cm³/mol. The highest BCUT2D eigenvalue weighted by molar-refractivity contribution is 5.39. The number of hydrogen-bond donors (Lipinski definition) is 1. The van der Waals surface area contributed by atoms with Crippen molar-refractivity contribution in [3.63, 3.8) is 0 Å². The van der Waals surface area contributed by atoms with Gasteiger partial charge in [0.25, 0.3) is 0 Å². The van der Waals surface area contributed by atoms with Crippen LogP contribution < -0.4 is 0 Å². The number of rotatable bonds is 1. The molecule has 0 unspecified atom stereocenters. The van der Waals surface area contributed by atoms with Crippen molar-refractivity contribution in [3.8, 4) is 0 Å². The molecule has 2 atom stereocenters. The summed E-state index contributed by atoms with van der Waals surface area (Å²) in [6, 6.07) is 8.55.